The van der Waals surface area contributed by atoms with Crippen molar-refractivity contribution in [2.45, 2.75) is 38.8 Å². The monoisotopic (exact) mass is 560 g/mol. The summed E-state index contributed by atoms with van der Waals surface area (Å²) in [6.45, 7) is 3.83. The average molecular weight is 561 g/mol. The average Bonchev–Trinajstić information content (AvgIpc) is 2.94. The molecule has 0 aliphatic carbocycles. The van der Waals surface area contributed by atoms with Gasteiger partial charge in [0.1, 0.15) is 18.6 Å². The van der Waals surface area contributed by atoms with Crippen molar-refractivity contribution in [1.82, 2.24) is 26.0 Å². The fourth-order valence-electron chi connectivity index (χ4n) is 3.44. The number of carbonyl (C=O) groups is 6. The van der Waals surface area contributed by atoms with E-state index >= 15 is 0 Å². The summed E-state index contributed by atoms with van der Waals surface area (Å²) in [6.07, 6.45) is 2.99. The lowest BCUT2D eigenvalue weighted by molar-refractivity contribution is -0.142. The molecule has 1 fully saturated rings. The number of nitrogens with one attached hydrogen (secondary N) is 3. The number of amides is 6. The number of aryl methyl sites for hydroxylation is 1. The van der Waals surface area contributed by atoms with Gasteiger partial charge in [-0.15, -0.1) is 0 Å². The number of hydrazine groups is 1. The predicted octanol–water partition coefficient (Wildman–Crippen LogP) is -1.00. The normalized spacial score (nSPS) is 14.5. The van der Waals surface area contributed by atoms with Gasteiger partial charge >= 0.3 is 12.0 Å². The molecule has 2 rings (SSSR count). The second-order valence-corrected chi connectivity index (χ2v) is 8.96. The van der Waals surface area contributed by atoms with Crippen LogP contribution in [0.2, 0.25) is 0 Å². The lowest BCUT2D eigenvalue weighted by Gasteiger charge is -2.28. The second kappa shape index (κ2) is 16.5. The van der Waals surface area contributed by atoms with Crippen molar-refractivity contribution in [1.29, 1.82) is 0 Å². The Kier molecular flexibility index (Phi) is 13.1. The first-order valence-electron chi connectivity index (χ1n) is 12.8. The van der Waals surface area contributed by atoms with Crippen LogP contribution in [-0.4, -0.2) is 97.1 Å². The fourth-order valence-corrected chi connectivity index (χ4v) is 3.44. The first-order valence-corrected chi connectivity index (χ1v) is 12.8. The molecule has 0 unspecified atom stereocenters. The lowest BCUT2D eigenvalue weighted by Crippen LogP contribution is -2.57. The Balaban J connectivity index is 1.81. The highest BCUT2D eigenvalue weighted by atomic mass is 16.5. The predicted molar refractivity (Wildman–Crippen MR) is 142 cm³/mol. The molecule has 1 aromatic rings. The number of nitrogens with zero attached hydrogens (tertiary/aromatic N) is 2. The first kappa shape index (κ1) is 31.8. The summed E-state index contributed by atoms with van der Waals surface area (Å²) >= 11 is 0. The summed E-state index contributed by atoms with van der Waals surface area (Å²) in [7, 11) is 0. The van der Waals surface area contributed by atoms with E-state index in [0.29, 0.717) is 44.2 Å². The van der Waals surface area contributed by atoms with Gasteiger partial charge in [0.25, 0.3) is 11.8 Å². The smallest absolute Gasteiger partial charge is 0.330 e. The van der Waals surface area contributed by atoms with Crippen molar-refractivity contribution in [2.75, 3.05) is 39.5 Å². The van der Waals surface area contributed by atoms with Gasteiger partial charge < -0.3 is 30.7 Å². The van der Waals surface area contributed by atoms with Gasteiger partial charge in [-0.1, -0.05) is 30.3 Å². The third kappa shape index (κ3) is 11.5. The molecule has 5 N–H and O–H groups in total. The number of rotatable bonds is 12. The Morgan fingerprint density at radius 3 is 2.30 bits per heavy atom. The number of esters is 1. The maximum absolute atomic E-state index is 12.6. The van der Waals surface area contributed by atoms with Crippen LogP contribution in [0.3, 0.4) is 0 Å². The Labute approximate surface area is 232 Å². The van der Waals surface area contributed by atoms with Gasteiger partial charge in [0, 0.05) is 25.2 Å². The minimum atomic E-state index is -1.16. The number of morpholine rings is 1. The zero-order valence-electron chi connectivity index (χ0n) is 22.6. The molecule has 1 aromatic carbocycles. The summed E-state index contributed by atoms with van der Waals surface area (Å²) in [5.41, 5.74) is 8.47. The van der Waals surface area contributed by atoms with E-state index in [2.05, 4.69) is 16.1 Å². The number of hydrogen-bond donors (Lipinski definition) is 4. The van der Waals surface area contributed by atoms with Gasteiger partial charge in [-0.3, -0.25) is 24.6 Å². The minimum absolute atomic E-state index is 0.135. The Morgan fingerprint density at radius 1 is 1.00 bits per heavy atom. The van der Waals surface area contributed by atoms with Crippen molar-refractivity contribution in [3.63, 3.8) is 0 Å². The molecule has 0 aromatic heterocycles. The van der Waals surface area contributed by atoms with Gasteiger partial charge in [0.2, 0.25) is 11.8 Å². The Bertz CT molecular complexity index is 1070. The SMILES string of the molecule is C[C@H](NC(=O)[C@@H](C)NC(=O)N1CCOCC1)C(=O)NN(CC(N)=O)C(=O)/C=C/C(=O)OCCCc1ccccc1. The van der Waals surface area contributed by atoms with Crippen LogP contribution in [0.5, 0.6) is 0 Å². The van der Waals surface area contributed by atoms with E-state index in [1.165, 1.54) is 18.7 Å². The van der Waals surface area contributed by atoms with E-state index in [0.717, 1.165) is 17.7 Å². The van der Waals surface area contributed by atoms with Crippen LogP contribution in [0.15, 0.2) is 42.5 Å². The molecule has 1 heterocycles. The number of ether oxygens (including phenoxy) is 2. The number of hydrogen-bond acceptors (Lipinski definition) is 8. The third-order valence-electron chi connectivity index (χ3n) is 5.67. The van der Waals surface area contributed by atoms with Crippen molar-refractivity contribution in [3.8, 4) is 0 Å². The molecule has 218 valence electrons. The molecule has 0 bridgehead atoms. The Morgan fingerprint density at radius 2 is 1.65 bits per heavy atom. The molecule has 0 spiro atoms. The molecule has 1 aliphatic rings. The molecule has 1 aliphatic heterocycles. The molecule has 14 nitrogen and oxygen atoms in total. The van der Waals surface area contributed by atoms with E-state index in [1.54, 1.807) is 0 Å². The highest BCUT2D eigenvalue weighted by molar-refractivity contribution is 5.98. The van der Waals surface area contributed by atoms with Crippen molar-refractivity contribution >= 4 is 35.6 Å². The summed E-state index contributed by atoms with van der Waals surface area (Å²) in [4.78, 5) is 74.8. The minimum Gasteiger partial charge on any atom is -0.463 e. The van der Waals surface area contributed by atoms with Crippen LogP contribution in [-0.2, 0) is 39.9 Å². The molecule has 2 atom stereocenters. The van der Waals surface area contributed by atoms with Gasteiger partial charge in [0.15, 0.2) is 0 Å². The van der Waals surface area contributed by atoms with E-state index in [9.17, 15) is 28.8 Å². The lowest BCUT2D eigenvalue weighted by atomic mass is 10.1. The summed E-state index contributed by atoms with van der Waals surface area (Å²) in [5.74, 6) is -4.11. The van der Waals surface area contributed by atoms with Crippen LogP contribution in [0, 0.1) is 0 Å². The molecule has 1 saturated heterocycles. The topological polar surface area (TPSA) is 189 Å². The van der Waals surface area contributed by atoms with Crippen molar-refractivity contribution < 1.29 is 38.2 Å². The molecular weight excluding hydrogens is 524 g/mol. The fraction of sp³-hybridized carbons (Fsp3) is 0.462. The molecule has 14 heteroatoms. The van der Waals surface area contributed by atoms with Gasteiger partial charge in [-0.25, -0.2) is 14.6 Å². The van der Waals surface area contributed by atoms with Crippen molar-refractivity contribution in [3.05, 3.63) is 48.0 Å². The van der Waals surface area contributed by atoms with Crippen molar-refractivity contribution in [2.24, 2.45) is 5.73 Å². The maximum atomic E-state index is 12.6. The molecule has 0 radical (unpaired) electrons. The number of nitrogens with two attached hydrogens (primary N) is 1. The van der Waals surface area contributed by atoms with E-state index in [1.807, 2.05) is 30.3 Å². The zero-order chi connectivity index (χ0) is 29.5. The van der Waals surface area contributed by atoms with Crippen LogP contribution in [0.1, 0.15) is 25.8 Å². The van der Waals surface area contributed by atoms with Gasteiger partial charge in [0.05, 0.1) is 19.8 Å². The second-order valence-electron chi connectivity index (χ2n) is 8.96. The number of urea groups is 1. The molecule has 0 saturated carbocycles. The zero-order valence-corrected chi connectivity index (χ0v) is 22.6. The van der Waals surface area contributed by atoms with Crippen LogP contribution >= 0.6 is 0 Å². The van der Waals surface area contributed by atoms with E-state index in [4.69, 9.17) is 15.2 Å². The van der Waals surface area contributed by atoms with Gasteiger partial charge in [-0.05, 0) is 32.3 Å². The van der Waals surface area contributed by atoms with Gasteiger partial charge in [-0.2, -0.15) is 0 Å². The largest absolute Gasteiger partial charge is 0.463 e. The standard InChI is InChI=1S/C26H36N6O8/c1-18(29-26(38)31-12-15-39-16-13-31)24(36)28-19(2)25(37)30-32(17-21(27)33)22(34)10-11-23(35)40-14-6-9-20-7-4-3-5-8-20/h3-5,7-8,10-11,18-19H,6,9,12-17H2,1-2H3,(H2,27,33)(H,28,36)(H,29,38)(H,30,37)/b11-10+/t18-,19+/m1/s1. The molecular formula is C26H36N6O8. The summed E-state index contributed by atoms with van der Waals surface area (Å²) < 4.78 is 10.2. The highest BCUT2D eigenvalue weighted by Gasteiger charge is 2.26. The van der Waals surface area contributed by atoms with Crippen LogP contribution in [0.4, 0.5) is 4.79 Å². The number of benzene rings is 1. The summed E-state index contributed by atoms with van der Waals surface area (Å²) in [6, 6.07) is 7.08. The number of carbonyl (C=O) groups excluding carboxylic acids is 6. The molecule has 40 heavy (non-hydrogen) atoms. The third-order valence-corrected chi connectivity index (χ3v) is 5.67. The molecule has 6 amide bonds. The number of primary amides is 1. The summed E-state index contributed by atoms with van der Waals surface area (Å²) in [5, 5.41) is 5.57. The van der Waals surface area contributed by atoms with Crippen LogP contribution in [0.25, 0.3) is 0 Å². The van der Waals surface area contributed by atoms with E-state index in [-0.39, 0.29) is 6.61 Å². The Hall–Kier alpha value is -4.46. The quantitative estimate of drug-likeness (QED) is 0.108. The maximum Gasteiger partial charge on any atom is 0.330 e. The van der Waals surface area contributed by atoms with Crippen LogP contribution < -0.4 is 21.8 Å². The highest BCUT2D eigenvalue weighted by Crippen LogP contribution is 2.03. The van der Waals surface area contributed by atoms with E-state index < -0.39 is 54.3 Å². The first-order chi connectivity index (χ1) is 19.1.